The van der Waals surface area contributed by atoms with Gasteiger partial charge in [0, 0.05) is 29.5 Å². The summed E-state index contributed by atoms with van der Waals surface area (Å²) in [6.07, 6.45) is 8.61. The average Bonchev–Trinajstić information content (AvgIpc) is 3.44. The Labute approximate surface area is 190 Å². The van der Waals surface area contributed by atoms with E-state index in [-0.39, 0.29) is 11.9 Å². The molecule has 2 aromatic heterocycles. The molecule has 5 rings (SSSR count). The Morgan fingerprint density at radius 3 is 2.81 bits per heavy atom. The molecule has 6 nitrogen and oxygen atoms in total. The van der Waals surface area contributed by atoms with Gasteiger partial charge in [-0.15, -0.1) is 0 Å². The van der Waals surface area contributed by atoms with Crippen molar-refractivity contribution in [2.75, 3.05) is 6.54 Å². The number of benzene rings is 2. The van der Waals surface area contributed by atoms with E-state index in [1.807, 2.05) is 51.9 Å². The highest BCUT2D eigenvalue weighted by molar-refractivity contribution is 6.30. The van der Waals surface area contributed by atoms with Crippen LogP contribution in [-0.2, 0) is 4.79 Å². The molecule has 1 aliphatic heterocycles. The summed E-state index contributed by atoms with van der Waals surface area (Å²) in [6.45, 7) is 4.35. The van der Waals surface area contributed by atoms with Crippen molar-refractivity contribution in [1.29, 1.82) is 0 Å². The molecule has 160 valence electrons. The molecule has 1 aliphatic rings. The van der Waals surface area contributed by atoms with Gasteiger partial charge in [0.1, 0.15) is 17.3 Å². The Morgan fingerprint density at radius 2 is 2.03 bits per heavy atom. The highest BCUT2D eigenvalue weighted by Crippen LogP contribution is 2.35. The van der Waals surface area contributed by atoms with Crippen LogP contribution in [0.5, 0.6) is 11.5 Å². The van der Waals surface area contributed by atoms with Crippen LogP contribution in [0.2, 0.25) is 5.02 Å². The fraction of sp³-hybridized carbons (Fsp3) is 0.160. The molecule has 0 radical (unpaired) electrons. The van der Waals surface area contributed by atoms with E-state index < -0.39 is 0 Å². The third kappa shape index (κ3) is 3.74. The number of carbonyl (C=O) groups is 1. The van der Waals surface area contributed by atoms with E-state index in [9.17, 15) is 4.79 Å². The third-order valence-electron chi connectivity index (χ3n) is 5.64. The summed E-state index contributed by atoms with van der Waals surface area (Å²) in [6, 6.07) is 15.0. The van der Waals surface area contributed by atoms with Crippen LogP contribution in [-0.4, -0.2) is 31.7 Å². The van der Waals surface area contributed by atoms with Crippen molar-refractivity contribution >= 4 is 23.0 Å². The Hall–Kier alpha value is -3.64. The quantitative estimate of drug-likeness (QED) is 0.371. The zero-order valence-electron chi connectivity index (χ0n) is 17.3. The smallest absolute Gasteiger partial charge is 0.246 e. The number of rotatable bonds is 5. The third-order valence-corrected chi connectivity index (χ3v) is 5.88. The van der Waals surface area contributed by atoms with Gasteiger partial charge in [0.15, 0.2) is 0 Å². The molecule has 0 N–H and O–H groups in total. The number of hydrogen-bond acceptors (Lipinski definition) is 4. The van der Waals surface area contributed by atoms with Crippen molar-refractivity contribution in [3.63, 3.8) is 0 Å². The summed E-state index contributed by atoms with van der Waals surface area (Å²) in [7, 11) is 0. The molecular weight excluding hydrogens is 424 g/mol. The minimum absolute atomic E-state index is 0.0672. The lowest BCUT2D eigenvalue weighted by molar-refractivity contribution is -0.127. The molecule has 7 heteroatoms. The zero-order chi connectivity index (χ0) is 22.1. The fourth-order valence-electron chi connectivity index (χ4n) is 4.17. The number of amides is 1. The molecule has 1 unspecified atom stereocenters. The maximum absolute atomic E-state index is 12.4. The van der Waals surface area contributed by atoms with Gasteiger partial charge < -0.3 is 9.64 Å². The number of carbonyl (C=O) groups excluding carboxylic acids is 1. The standard InChI is InChI=1S/C25H21ClN4O2/c1-2-23(31)29-13-4-7-21(29)25-28-24(22-16-27-12-14-30(22)25)17-8-10-19(11-9-17)32-20-6-3-5-18(26)15-20/h2-3,5-6,8-12,14-16,21H,1,4,7,13H2. The van der Waals surface area contributed by atoms with E-state index >= 15 is 0 Å². The molecule has 0 aliphatic carbocycles. The zero-order valence-corrected chi connectivity index (χ0v) is 18.1. The largest absolute Gasteiger partial charge is 0.457 e. The second kappa shape index (κ2) is 8.48. The summed E-state index contributed by atoms with van der Waals surface area (Å²) in [5.74, 6) is 2.15. The maximum atomic E-state index is 12.4. The number of imidazole rings is 1. The molecule has 1 atom stereocenters. The van der Waals surface area contributed by atoms with Crippen LogP contribution in [0.1, 0.15) is 24.7 Å². The topological polar surface area (TPSA) is 59.7 Å². The van der Waals surface area contributed by atoms with E-state index in [1.54, 1.807) is 24.5 Å². The van der Waals surface area contributed by atoms with Gasteiger partial charge in [0.25, 0.3) is 0 Å². The molecule has 0 bridgehead atoms. The number of ether oxygens (including phenoxy) is 1. The maximum Gasteiger partial charge on any atom is 0.246 e. The van der Waals surface area contributed by atoms with Gasteiger partial charge in [0.05, 0.1) is 23.4 Å². The van der Waals surface area contributed by atoms with E-state index in [4.69, 9.17) is 21.3 Å². The lowest BCUT2D eigenvalue weighted by atomic mass is 10.1. The van der Waals surface area contributed by atoms with Crippen LogP contribution >= 0.6 is 11.6 Å². The lowest BCUT2D eigenvalue weighted by Gasteiger charge is -2.22. The number of hydrogen-bond donors (Lipinski definition) is 0. The molecular formula is C25H21ClN4O2. The molecule has 4 aromatic rings. The van der Waals surface area contributed by atoms with Crippen LogP contribution in [0, 0.1) is 0 Å². The number of aromatic nitrogens is 3. The van der Waals surface area contributed by atoms with E-state index in [0.29, 0.717) is 23.1 Å². The summed E-state index contributed by atoms with van der Waals surface area (Å²) < 4.78 is 7.93. The van der Waals surface area contributed by atoms with E-state index in [0.717, 1.165) is 35.4 Å². The summed E-state index contributed by atoms with van der Waals surface area (Å²) in [4.78, 5) is 23.5. The molecule has 3 heterocycles. The molecule has 0 saturated carbocycles. The fourth-order valence-corrected chi connectivity index (χ4v) is 4.35. The molecule has 1 saturated heterocycles. The lowest BCUT2D eigenvalue weighted by Crippen LogP contribution is -2.29. The number of nitrogens with zero attached hydrogens (tertiary/aromatic N) is 4. The van der Waals surface area contributed by atoms with Crippen LogP contribution in [0.4, 0.5) is 0 Å². The first-order chi connectivity index (χ1) is 15.6. The molecule has 32 heavy (non-hydrogen) atoms. The first-order valence-corrected chi connectivity index (χ1v) is 10.8. The van der Waals surface area contributed by atoms with Crippen molar-refractivity contribution in [1.82, 2.24) is 19.3 Å². The first kappa shape index (κ1) is 20.3. The van der Waals surface area contributed by atoms with Crippen molar-refractivity contribution in [2.45, 2.75) is 18.9 Å². The highest BCUT2D eigenvalue weighted by Gasteiger charge is 2.32. The number of fused-ring (bicyclic) bond motifs is 1. The average molecular weight is 445 g/mol. The van der Waals surface area contributed by atoms with E-state index in [2.05, 4.69) is 11.6 Å². The predicted molar refractivity (Wildman–Crippen MR) is 124 cm³/mol. The summed E-state index contributed by atoms with van der Waals surface area (Å²) in [5.41, 5.74) is 2.66. The molecule has 1 fully saturated rings. The Kier molecular flexibility index (Phi) is 5.37. The van der Waals surface area contributed by atoms with Crippen molar-refractivity contribution in [2.24, 2.45) is 0 Å². The van der Waals surface area contributed by atoms with Crippen molar-refractivity contribution < 1.29 is 9.53 Å². The normalized spacial score (nSPS) is 15.8. The number of halogens is 1. The minimum Gasteiger partial charge on any atom is -0.457 e. The minimum atomic E-state index is -0.0883. The van der Waals surface area contributed by atoms with Gasteiger partial charge in [-0.1, -0.05) is 24.2 Å². The summed E-state index contributed by atoms with van der Waals surface area (Å²) >= 11 is 6.04. The monoisotopic (exact) mass is 444 g/mol. The molecule has 1 amide bonds. The van der Waals surface area contributed by atoms with Gasteiger partial charge in [0.2, 0.25) is 5.91 Å². The first-order valence-electron chi connectivity index (χ1n) is 10.4. The Balaban J connectivity index is 1.50. The van der Waals surface area contributed by atoms with Gasteiger partial charge in [-0.2, -0.15) is 0 Å². The van der Waals surface area contributed by atoms with E-state index in [1.165, 1.54) is 6.08 Å². The second-order valence-corrected chi connectivity index (χ2v) is 8.06. The Bertz CT molecular complexity index is 1300. The van der Waals surface area contributed by atoms with Crippen LogP contribution < -0.4 is 4.74 Å². The van der Waals surface area contributed by atoms with Gasteiger partial charge in [-0.05, 0) is 61.4 Å². The predicted octanol–water partition coefficient (Wildman–Crippen LogP) is 5.69. The van der Waals surface area contributed by atoms with Crippen LogP contribution in [0.15, 0.2) is 79.8 Å². The molecule has 0 spiro atoms. The van der Waals surface area contributed by atoms with Gasteiger partial charge >= 0.3 is 0 Å². The molecule has 2 aromatic carbocycles. The van der Waals surface area contributed by atoms with Crippen LogP contribution in [0.3, 0.4) is 0 Å². The second-order valence-electron chi connectivity index (χ2n) is 7.63. The van der Waals surface area contributed by atoms with Crippen molar-refractivity contribution in [3.05, 3.63) is 90.6 Å². The van der Waals surface area contributed by atoms with Crippen molar-refractivity contribution in [3.8, 4) is 22.8 Å². The Morgan fingerprint density at radius 1 is 1.19 bits per heavy atom. The van der Waals surface area contributed by atoms with Crippen LogP contribution in [0.25, 0.3) is 16.8 Å². The number of likely N-dealkylation sites (tertiary alicyclic amines) is 1. The highest BCUT2D eigenvalue weighted by atomic mass is 35.5. The summed E-state index contributed by atoms with van der Waals surface area (Å²) in [5, 5.41) is 0.625. The SMILES string of the molecule is C=CC(=O)N1CCCC1c1nc(-c2ccc(Oc3cccc(Cl)c3)cc2)c2cnccn12. The van der Waals surface area contributed by atoms with Gasteiger partial charge in [-0.3, -0.25) is 14.2 Å². The van der Waals surface area contributed by atoms with Gasteiger partial charge in [-0.25, -0.2) is 4.98 Å².